The number of carbonyl (C=O) groups is 1. The number of piperidine rings is 1. The van der Waals surface area contributed by atoms with Crippen molar-refractivity contribution >= 4 is 43.5 Å². The van der Waals surface area contributed by atoms with Crippen molar-refractivity contribution in [3.05, 3.63) is 27.7 Å². The van der Waals surface area contributed by atoms with E-state index in [2.05, 4.69) is 15.9 Å². The standard InChI is InChI=1S/C14H17BrClNO4S/c1-2-21-14(18)10-4-3-7-17(9-10)22(19,20)13-6-5-11(15)8-12(13)16/h5-6,8,10H,2-4,7,9H2,1H3/t10-/m0/s1. The van der Waals surface area contributed by atoms with E-state index in [4.69, 9.17) is 16.3 Å². The second-order valence-electron chi connectivity index (χ2n) is 5.03. The molecule has 1 aromatic carbocycles. The van der Waals surface area contributed by atoms with Crippen molar-refractivity contribution in [2.75, 3.05) is 19.7 Å². The van der Waals surface area contributed by atoms with Crippen LogP contribution in [0.15, 0.2) is 27.6 Å². The van der Waals surface area contributed by atoms with Crippen LogP contribution in [0.5, 0.6) is 0 Å². The Labute approximate surface area is 143 Å². The predicted molar refractivity (Wildman–Crippen MR) is 87.3 cm³/mol. The fourth-order valence-electron chi connectivity index (χ4n) is 2.44. The number of ether oxygens (including phenoxy) is 1. The summed E-state index contributed by atoms with van der Waals surface area (Å²) in [5.41, 5.74) is 0. The molecule has 22 heavy (non-hydrogen) atoms. The molecule has 0 bridgehead atoms. The Kier molecular flexibility index (Phi) is 5.87. The predicted octanol–water partition coefficient (Wildman–Crippen LogP) is 3.07. The molecular formula is C14H17BrClNO4S. The van der Waals surface area contributed by atoms with Crippen molar-refractivity contribution in [1.29, 1.82) is 0 Å². The number of halogens is 2. The number of benzene rings is 1. The van der Waals surface area contributed by atoms with Crippen molar-refractivity contribution in [3.8, 4) is 0 Å². The van der Waals surface area contributed by atoms with Crippen LogP contribution in [0.25, 0.3) is 0 Å². The minimum atomic E-state index is -3.72. The Morgan fingerprint density at radius 3 is 2.86 bits per heavy atom. The van der Waals surface area contributed by atoms with Gasteiger partial charge in [0.1, 0.15) is 4.90 Å². The van der Waals surface area contributed by atoms with Gasteiger partial charge in [-0.1, -0.05) is 27.5 Å². The van der Waals surface area contributed by atoms with E-state index in [1.807, 2.05) is 0 Å². The van der Waals surface area contributed by atoms with E-state index in [1.165, 1.54) is 10.4 Å². The zero-order chi connectivity index (χ0) is 16.3. The van der Waals surface area contributed by atoms with Gasteiger partial charge in [0.05, 0.1) is 17.5 Å². The molecule has 122 valence electrons. The van der Waals surface area contributed by atoms with Gasteiger partial charge in [-0.15, -0.1) is 0 Å². The molecule has 1 aromatic rings. The molecule has 2 rings (SSSR count). The number of nitrogens with zero attached hydrogens (tertiary/aromatic N) is 1. The van der Waals surface area contributed by atoms with Gasteiger partial charge in [0.2, 0.25) is 10.0 Å². The van der Waals surface area contributed by atoms with Gasteiger partial charge in [0.25, 0.3) is 0 Å². The number of carbonyl (C=O) groups excluding carboxylic acids is 1. The Hall–Kier alpha value is -0.630. The first kappa shape index (κ1) is 17.7. The van der Waals surface area contributed by atoms with Crippen LogP contribution in [0.2, 0.25) is 5.02 Å². The number of sulfonamides is 1. The lowest BCUT2D eigenvalue weighted by molar-refractivity contribution is -0.149. The number of rotatable bonds is 4. The Morgan fingerprint density at radius 2 is 2.23 bits per heavy atom. The van der Waals surface area contributed by atoms with Gasteiger partial charge in [0.15, 0.2) is 0 Å². The molecule has 0 amide bonds. The van der Waals surface area contributed by atoms with E-state index in [0.717, 1.165) is 0 Å². The molecule has 0 radical (unpaired) electrons. The lowest BCUT2D eigenvalue weighted by atomic mass is 10.0. The summed E-state index contributed by atoms with van der Waals surface area (Å²) >= 11 is 9.31. The molecule has 8 heteroatoms. The normalized spacial score (nSPS) is 19.9. The fraction of sp³-hybridized carbons (Fsp3) is 0.500. The highest BCUT2D eigenvalue weighted by Gasteiger charge is 2.34. The van der Waals surface area contributed by atoms with Crippen molar-refractivity contribution in [1.82, 2.24) is 4.31 Å². The Morgan fingerprint density at radius 1 is 1.50 bits per heavy atom. The summed E-state index contributed by atoms with van der Waals surface area (Å²) in [5.74, 6) is -0.762. The molecule has 5 nitrogen and oxygen atoms in total. The van der Waals surface area contributed by atoms with Crippen LogP contribution >= 0.6 is 27.5 Å². The van der Waals surface area contributed by atoms with Gasteiger partial charge in [0, 0.05) is 17.6 Å². The molecule has 1 saturated heterocycles. The summed E-state index contributed by atoms with van der Waals surface area (Å²) in [6.45, 7) is 2.54. The summed E-state index contributed by atoms with van der Waals surface area (Å²) in [6.07, 6.45) is 1.26. The van der Waals surface area contributed by atoms with Crippen LogP contribution in [-0.4, -0.2) is 38.4 Å². The van der Waals surface area contributed by atoms with Gasteiger partial charge in [-0.05, 0) is 38.0 Å². The zero-order valence-electron chi connectivity index (χ0n) is 12.1. The van der Waals surface area contributed by atoms with Crippen molar-refractivity contribution in [2.45, 2.75) is 24.7 Å². The number of hydrogen-bond donors (Lipinski definition) is 0. The van der Waals surface area contributed by atoms with Crippen LogP contribution in [0.4, 0.5) is 0 Å². The molecular weight excluding hydrogens is 394 g/mol. The second kappa shape index (κ2) is 7.29. The third-order valence-electron chi connectivity index (χ3n) is 3.52. The molecule has 1 heterocycles. The maximum atomic E-state index is 12.7. The molecule has 1 atom stereocenters. The molecule has 1 aliphatic heterocycles. The summed E-state index contributed by atoms with van der Waals surface area (Å²) in [5, 5.41) is 0.160. The smallest absolute Gasteiger partial charge is 0.310 e. The summed E-state index contributed by atoms with van der Waals surface area (Å²) in [7, 11) is -3.72. The number of hydrogen-bond acceptors (Lipinski definition) is 4. The first-order valence-corrected chi connectivity index (χ1v) is 9.59. The van der Waals surface area contributed by atoms with Gasteiger partial charge in [-0.2, -0.15) is 4.31 Å². The van der Waals surface area contributed by atoms with Crippen LogP contribution in [0, 0.1) is 5.92 Å². The zero-order valence-corrected chi connectivity index (χ0v) is 15.2. The SMILES string of the molecule is CCOC(=O)[C@H]1CCCN(S(=O)(=O)c2ccc(Br)cc2Cl)C1. The average Bonchev–Trinajstić information content (AvgIpc) is 2.47. The lowest BCUT2D eigenvalue weighted by Crippen LogP contribution is -2.42. The summed E-state index contributed by atoms with van der Waals surface area (Å²) in [6, 6.07) is 4.64. The lowest BCUT2D eigenvalue weighted by Gasteiger charge is -2.30. The van der Waals surface area contributed by atoms with Crippen LogP contribution in [0.3, 0.4) is 0 Å². The first-order valence-electron chi connectivity index (χ1n) is 6.98. The van der Waals surface area contributed by atoms with Gasteiger partial charge in [-0.25, -0.2) is 8.42 Å². The molecule has 0 spiro atoms. The minimum Gasteiger partial charge on any atom is -0.466 e. The highest BCUT2D eigenvalue weighted by molar-refractivity contribution is 9.10. The molecule has 0 aliphatic carbocycles. The maximum absolute atomic E-state index is 12.7. The van der Waals surface area contributed by atoms with Crippen molar-refractivity contribution in [3.63, 3.8) is 0 Å². The third-order valence-corrected chi connectivity index (χ3v) is 6.36. The van der Waals surface area contributed by atoms with E-state index in [9.17, 15) is 13.2 Å². The first-order chi connectivity index (χ1) is 10.4. The summed E-state index contributed by atoms with van der Waals surface area (Å²) in [4.78, 5) is 11.9. The van der Waals surface area contributed by atoms with E-state index in [1.54, 1.807) is 19.1 Å². The van der Waals surface area contributed by atoms with Crippen LogP contribution < -0.4 is 0 Å². The Balaban J connectivity index is 2.23. The maximum Gasteiger partial charge on any atom is 0.310 e. The average molecular weight is 411 g/mol. The second-order valence-corrected chi connectivity index (χ2v) is 8.26. The molecule has 0 N–H and O–H groups in total. The number of esters is 1. The van der Waals surface area contributed by atoms with Crippen LogP contribution in [-0.2, 0) is 19.6 Å². The van der Waals surface area contributed by atoms with E-state index >= 15 is 0 Å². The van der Waals surface area contributed by atoms with Gasteiger partial charge >= 0.3 is 5.97 Å². The van der Waals surface area contributed by atoms with E-state index in [0.29, 0.717) is 30.5 Å². The summed E-state index contributed by atoms with van der Waals surface area (Å²) < 4.78 is 32.5. The van der Waals surface area contributed by atoms with Gasteiger partial charge < -0.3 is 4.74 Å². The monoisotopic (exact) mass is 409 g/mol. The largest absolute Gasteiger partial charge is 0.466 e. The molecule has 0 saturated carbocycles. The Bertz CT molecular complexity index is 665. The quantitative estimate of drug-likeness (QED) is 0.716. The fourth-order valence-corrected chi connectivity index (χ4v) is 4.97. The third kappa shape index (κ3) is 3.82. The topological polar surface area (TPSA) is 63.7 Å². The van der Waals surface area contributed by atoms with Crippen molar-refractivity contribution in [2.24, 2.45) is 5.92 Å². The highest BCUT2D eigenvalue weighted by Crippen LogP contribution is 2.30. The van der Waals surface area contributed by atoms with E-state index in [-0.39, 0.29) is 22.4 Å². The molecule has 1 fully saturated rings. The molecule has 0 unspecified atom stereocenters. The van der Waals surface area contributed by atoms with Crippen molar-refractivity contribution < 1.29 is 17.9 Å². The van der Waals surface area contributed by atoms with Gasteiger partial charge in [-0.3, -0.25) is 4.79 Å². The highest BCUT2D eigenvalue weighted by atomic mass is 79.9. The van der Waals surface area contributed by atoms with Crippen LogP contribution in [0.1, 0.15) is 19.8 Å². The molecule has 1 aliphatic rings. The molecule has 0 aromatic heterocycles. The van der Waals surface area contributed by atoms with E-state index < -0.39 is 15.9 Å². The minimum absolute atomic E-state index is 0.0573.